The van der Waals surface area contributed by atoms with Crippen molar-refractivity contribution in [1.82, 2.24) is 9.78 Å². The van der Waals surface area contributed by atoms with Crippen LogP contribution in [0.3, 0.4) is 0 Å². The molecule has 2 rings (SSSR count). The van der Waals surface area contributed by atoms with E-state index in [2.05, 4.69) is 5.10 Å². The van der Waals surface area contributed by atoms with E-state index in [-0.39, 0.29) is 21.9 Å². The van der Waals surface area contributed by atoms with Crippen LogP contribution in [-0.4, -0.2) is 21.0 Å². The molecule has 2 aromatic rings. The van der Waals surface area contributed by atoms with Gasteiger partial charge in [0, 0.05) is 17.7 Å². The molecule has 0 radical (unpaired) electrons. The lowest BCUT2D eigenvalue weighted by Crippen LogP contribution is -2.23. The first-order valence-electron chi connectivity index (χ1n) is 6.24. The van der Waals surface area contributed by atoms with Gasteiger partial charge in [-0.3, -0.25) is 14.9 Å². The van der Waals surface area contributed by atoms with Crippen molar-refractivity contribution in [2.45, 2.75) is 26.3 Å². The van der Waals surface area contributed by atoms with Crippen LogP contribution in [0.1, 0.15) is 31.1 Å². The van der Waals surface area contributed by atoms with E-state index >= 15 is 0 Å². The van der Waals surface area contributed by atoms with Crippen LogP contribution in [0.15, 0.2) is 24.3 Å². The third-order valence-corrected chi connectivity index (χ3v) is 3.33. The zero-order chi connectivity index (χ0) is 15.8. The molecule has 0 saturated heterocycles. The van der Waals surface area contributed by atoms with E-state index in [4.69, 9.17) is 11.6 Å². The number of rotatable bonds is 3. The van der Waals surface area contributed by atoms with Crippen molar-refractivity contribution in [3.05, 3.63) is 45.1 Å². The van der Waals surface area contributed by atoms with Crippen LogP contribution in [0.2, 0.25) is 5.15 Å². The molecule has 0 N–H and O–H groups in total. The number of aldehydes is 1. The fourth-order valence-corrected chi connectivity index (χ4v) is 2.34. The lowest BCUT2D eigenvalue weighted by molar-refractivity contribution is -0.384. The predicted octanol–water partition coefficient (Wildman–Crippen LogP) is 3.68. The topological polar surface area (TPSA) is 78.0 Å². The van der Waals surface area contributed by atoms with Crippen molar-refractivity contribution in [2.75, 3.05) is 0 Å². The van der Waals surface area contributed by atoms with Crippen LogP contribution in [0.4, 0.5) is 5.69 Å². The number of carbonyl (C=O) groups is 1. The third kappa shape index (κ3) is 2.80. The Morgan fingerprint density at radius 1 is 1.29 bits per heavy atom. The first-order valence-corrected chi connectivity index (χ1v) is 6.62. The Kier molecular flexibility index (Phi) is 3.82. The molecule has 0 aliphatic rings. The first-order chi connectivity index (χ1) is 9.75. The number of nitro benzene ring substituents is 1. The van der Waals surface area contributed by atoms with Gasteiger partial charge in [-0.1, -0.05) is 11.6 Å². The van der Waals surface area contributed by atoms with Gasteiger partial charge >= 0.3 is 0 Å². The van der Waals surface area contributed by atoms with Gasteiger partial charge in [0.05, 0.1) is 16.0 Å². The molecule has 0 unspecified atom stereocenters. The van der Waals surface area contributed by atoms with Crippen LogP contribution in [0.25, 0.3) is 11.3 Å². The Balaban J connectivity index is 2.58. The zero-order valence-corrected chi connectivity index (χ0v) is 12.6. The van der Waals surface area contributed by atoms with Gasteiger partial charge in [-0.25, -0.2) is 4.68 Å². The Morgan fingerprint density at radius 3 is 2.29 bits per heavy atom. The third-order valence-electron chi connectivity index (χ3n) is 2.97. The van der Waals surface area contributed by atoms with Crippen molar-refractivity contribution < 1.29 is 9.72 Å². The first kappa shape index (κ1) is 15.2. The van der Waals surface area contributed by atoms with Crippen molar-refractivity contribution in [3.8, 4) is 11.3 Å². The number of hydrogen-bond acceptors (Lipinski definition) is 4. The Hall–Kier alpha value is -2.21. The fourth-order valence-electron chi connectivity index (χ4n) is 1.91. The fraction of sp³-hybridized carbons (Fsp3) is 0.286. The number of hydrogen-bond donors (Lipinski definition) is 0. The second kappa shape index (κ2) is 5.29. The number of benzene rings is 1. The van der Waals surface area contributed by atoms with Gasteiger partial charge < -0.3 is 0 Å². The summed E-state index contributed by atoms with van der Waals surface area (Å²) in [4.78, 5) is 21.5. The van der Waals surface area contributed by atoms with E-state index in [0.717, 1.165) is 0 Å². The smallest absolute Gasteiger partial charge is 0.269 e. The summed E-state index contributed by atoms with van der Waals surface area (Å²) in [5, 5.41) is 15.3. The minimum atomic E-state index is -0.481. The normalized spacial score (nSPS) is 11.4. The molecule has 6 nitrogen and oxygen atoms in total. The Bertz CT molecular complexity index is 699. The number of nitro groups is 1. The molecule has 0 amide bonds. The molecule has 0 fully saturated rings. The number of carbonyl (C=O) groups excluding carboxylic acids is 1. The molecule has 0 bridgehead atoms. The van der Waals surface area contributed by atoms with Gasteiger partial charge in [-0.2, -0.15) is 5.10 Å². The number of nitrogens with zero attached hydrogens (tertiary/aromatic N) is 3. The van der Waals surface area contributed by atoms with Crippen molar-refractivity contribution in [2.24, 2.45) is 0 Å². The van der Waals surface area contributed by atoms with Gasteiger partial charge in [-0.05, 0) is 32.9 Å². The van der Waals surface area contributed by atoms with E-state index in [9.17, 15) is 14.9 Å². The van der Waals surface area contributed by atoms with Crippen LogP contribution in [0.5, 0.6) is 0 Å². The maximum Gasteiger partial charge on any atom is 0.269 e. The molecule has 21 heavy (non-hydrogen) atoms. The minimum absolute atomic E-state index is 0.0206. The highest BCUT2D eigenvalue weighted by Gasteiger charge is 2.24. The summed E-state index contributed by atoms with van der Waals surface area (Å²) in [6.45, 7) is 5.75. The quantitative estimate of drug-likeness (QED) is 0.492. The minimum Gasteiger partial charge on any atom is -0.298 e. The lowest BCUT2D eigenvalue weighted by Gasteiger charge is -2.20. The van der Waals surface area contributed by atoms with Crippen LogP contribution in [0, 0.1) is 10.1 Å². The molecule has 1 heterocycles. The van der Waals surface area contributed by atoms with Gasteiger partial charge in [0.2, 0.25) is 0 Å². The summed E-state index contributed by atoms with van der Waals surface area (Å²) in [7, 11) is 0. The van der Waals surface area contributed by atoms with Crippen LogP contribution >= 0.6 is 11.6 Å². The summed E-state index contributed by atoms with van der Waals surface area (Å²) in [5.41, 5.74) is 0.897. The van der Waals surface area contributed by atoms with Gasteiger partial charge in [-0.15, -0.1) is 0 Å². The van der Waals surface area contributed by atoms with Crippen LogP contribution < -0.4 is 0 Å². The largest absolute Gasteiger partial charge is 0.298 e. The highest BCUT2D eigenvalue weighted by Crippen LogP contribution is 2.31. The highest BCUT2D eigenvalue weighted by molar-refractivity contribution is 6.32. The second-order valence-electron chi connectivity index (χ2n) is 5.56. The lowest BCUT2D eigenvalue weighted by atomic mass is 10.1. The van der Waals surface area contributed by atoms with E-state index in [0.29, 0.717) is 17.5 Å². The molecular formula is C14H14ClN3O3. The molecule has 1 aromatic heterocycles. The number of aromatic nitrogens is 2. The SMILES string of the molecule is CC(C)(C)n1nc(-c2ccc([N+](=O)[O-])cc2)c(C=O)c1Cl. The molecule has 0 atom stereocenters. The monoisotopic (exact) mass is 307 g/mol. The summed E-state index contributed by atoms with van der Waals surface area (Å²) in [6.07, 6.45) is 0.647. The molecule has 7 heteroatoms. The van der Waals surface area contributed by atoms with Crippen LogP contribution in [-0.2, 0) is 5.54 Å². The summed E-state index contributed by atoms with van der Waals surface area (Å²) >= 11 is 6.21. The zero-order valence-electron chi connectivity index (χ0n) is 11.8. The van der Waals surface area contributed by atoms with E-state index in [1.54, 1.807) is 16.8 Å². The Morgan fingerprint density at radius 2 is 1.86 bits per heavy atom. The molecule has 0 aliphatic carbocycles. The molecule has 1 aromatic carbocycles. The summed E-state index contributed by atoms with van der Waals surface area (Å²) < 4.78 is 1.56. The van der Waals surface area contributed by atoms with E-state index in [1.807, 2.05) is 20.8 Å². The predicted molar refractivity (Wildman–Crippen MR) is 79.7 cm³/mol. The standard InChI is InChI=1S/C14H14ClN3O3/c1-14(2,3)17-13(15)11(8-19)12(16-17)9-4-6-10(7-5-9)18(20)21/h4-8H,1-3H3. The maximum atomic E-state index is 11.3. The Labute approximate surface area is 126 Å². The number of halogens is 1. The molecule has 0 saturated carbocycles. The maximum absolute atomic E-state index is 11.3. The highest BCUT2D eigenvalue weighted by atomic mass is 35.5. The van der Waals surface area contributed by atoms with E-state index < -0.39 is 4.92 Å². The van der Waals surface area contributed by atoms with Gasteiger partial charge in [0.1, 0.15) is 10.8 Å². The van der Waals surface area contributed by atoms with Gasteiger partial charge in [0.15, 0.2) is 6.29 Å². The van der Waals surface area contributed by atoms with Crippen molar-refractivity contribution in [1.29, 1.82) is 0 Å². The molecule has 0 aliphatic heterocycles. The average Bonchev–Trinajstić information content (AvgIpc) is 2.75. The van der Waals surface area contributed by atoms with Crippen molar-refractivity contribution >= 4 is 23.6 Å². The van der Waals surface area contributed by atoms with Crippen molar-refractivity contribution in [3.63, 3.8) is 0 Å². The van der Waals surface area contributed by atoms with Gasteiger partial charge in [0.25, 0.3) is 5.69 Å². The molecular weight excluding hydrogens is 294 g/mol. The summed E-state index contributed by atoms with van der Waals surface area (Å²) in [6, 6.07) is 5.84. The number of non-ortho nitro benzene ring substituents is 1. The second-order valence-corrected chi connectivity index (χ2v) is 5.92. The molecule has 0 spiro atoms. The summed E-state index contributed by atoms with van der Waals surface area (Å²) in [5.74, 6) is 0. The average molecular weight is 308 g/mol. The molecule has 110 valence electrons. The van der Waals surface area contributed by atoms with E-state index in [1.165, 1.54) is 12.1 Å².